The summed E-state index contributed by atoms with van der Waals surface area (Å²) in [4.78, 5) is 24.7. The average molecular weight is 413 g/mol. The molecular weight excluding hydrogens is 389 g/mol. The molecule has 2 rings (SSSR count). The van der Waals surface area contributed by atoms with Crippen LogP contribution in [-0.2, 0) is 21.6 Å². The lowest BCUT2D eigenvalue weighted by molar-refractivity contribution is 0.103. The van der Waals surface area contributed by atoms with Gasteiger partial charge >= 0.3 is 0 Å². The Labute approximate surface area is 162 Å². The average Bonchev–Trinajstić information content (AvgIpc) is 2.86. The number of ether oxygens (including phenoxy) is 1. The molecule has 1 aromatic heterocycles. The molecule has 0 bridgehead atoms. The van der Waals surface area contributed by atoms with Crippen molar-refractivity contribution in [2.24, 2.45) is 7.05 Å². The Hall–Kier alpha value is -2.46. The first-order valence-corrected chi connectivity index (χ1v) is 10.6. The molecule has 154 valence electrons. The molecule has 10 heteroatoms. The lowest BCUT2D eigenvalue weighted by Gasteiger charge is -2.14. The topological polar surface area (TPSA) is 110 Å². The molecule has 0 saturated carbocycles. The second-order valence-corrected chi connectivity index (χ2v) is 8.34. The molecule has 0 radical (unpaired) electrons. The van der Waals surface area contributed by atoms with E-state index in [1.54, 1.807) is 0 Å². The highest BCUT2D eigenvalue weighted by molar-refractivity contribution is 7.90. The minimum atomic E-state index is -3.74. The molecule has 28 heavy (non-hydrogen) atoms. The Morgan fingerprint density at radius 3 is 2.57 bits per heavy atom. The zero-order chi connectivity index (χ0) is 21.1. The maximum absolute atomic E-state index is 15.1. The zero-order valence-corrected chi connectivity index (χ0v) is 17.1. The van der Waals surface area contributed by atoms with Crippen LogP contribution in [0.25, 0.3) is 0 Å². The fraction of sp³-hybridized carbons (Fsp3) is 0.444. The normalized spacial score (nSPS) is 11.6. The Kier molecular flexibility index (Phi) is 6.78. The number of rotatable bonds is 9. The summed E-state index contributed by atoms with van der Waals surface area (Å²) >= 11 is 0. The van der Waals surface area contributed by atoms with E-state index in [0.717, 1.165) is 17.0 Å². The van der Waals surface area contributed by atoms with Gasteiger partial charge in [-0.2, -0.15) is 0 Å². The van der Waals surface area contributed by atoms with Crippen LogP contribution in [0.5, 0.6) is 0 Å². The summed E-state index contributed by atoms with van der Waals surface area (Å²) in [7, 11) is -2.29. The number of H-pyrrole nitrogens is 1. The molecule has 0 fully saturated rings. The Morgan fingerprint density at radius 1 is 1.36 bits per heavy atom. The van der Waals surface area contributed by atoms with Crippen molar-refractivity contribution in [3.8, 4) is 0 Å². The van der Waals surface area contributed by atoms with Gasteiger partial charge < -0.3 is 10.1 Å². The monoisotopic (exact) mass is 413 g/mol. The lowest BCUT2D eigenvalue weighted by Crippen LogP contribution is -2.21. The van der Waals surface area contributed by atoms with Gasteiger partial charge in [-0.15, -0.1) is 0 Å². The van der Waals surface area contributed by atoms with Gasteiger partial charge in [0.1, 0.15) is 5.56 Å². The third-order valence-corrected chi connectivity index (χ3v) is 5.31. The highest BCUT2D eigenvalue weighted by Gasteiger charge is 2.26. The van der Waals surface area contributed by atoms with E-state index >= 15 is 4.39 Å². The van der Waals surface area contributed by atoms with Crippen LogP contribution < -0.4 is 10.9 Å². The van der Waals surface area contributed by atoms with Crippen molar-refractivity contribution in [2.75, 3.05) is 31.3 Å². The summed E-state index contributed by atoms with van der Waals surface area (Å²) in [5.74, 6) is -1.82. The van der Waals surface area contributed by atoms with Gasteiger partial charge in [-0.1, -0.05) is 0 Å². The smallest absolute Gasteiger partial charge is 0.277 e. The van der Waals surface area contributed by atoms with E-state index in [4.69, 9.17) is 4.74 Å². The van der Waals surface area contributed by atoms with E-state index in [1.165, 1.54) is 20.0 Å². The van der Waals surface area contributed by atoms with Crippen LogP contribution in [0.3, 0.4) is 0 Å². The maximum atomic E-state index is 15.1. The van der Waals surface area contributed by atoms with Gasteiger partial charge in [0.25, 0.3) is 5.56 Å². The molecule has 0 spiro atoms. The molecule has 8 nitrogen and oxygen atoms in total. The summed E-state index contributed by atoms with van der Waals surface area (Å²) in [6.07, 6.45) is 1.48. The quantitative estimate of drug-likeness (QED) is 0.478. The summed E-state index contributed by atoms with van der Waals surface area (Å²) in [5.41, 5.74) is -1.12. The van der Waals surface area contributed by atoms with Gasteiger partial charge in [0.15, 0.2) is 15.7 Å². The predicted octanol–water partition coefficient (Wildman–Crippen LogP) is 1.63. The number of hydrogen-bond acceptors (Lipinski definition) is 6. The number of nitrogens with zero attached hydrogens (tertiary/aromatic N) is 1. The molecule has 0 aliphatic heterocycles. The number of nitrogens with one attached hydrogen (secondary N) is 2. The summed E-state index contributed by atoms with van der Waals surface area (Å²) in [5, 5.41) is 5.44. The molecule has 2 aromatic rings. The van der Waals surface area contributed by atoms with Crippen molar-refractivity contribution >= 4 is 21.3 Å². The van der Waals surface area contributed by atoms with E-state index in [-0.39, 0.29) is 28.3 Å². The number of ketones is 1. The number of aromatic nitrogens is 2. The Bertz CT molecular complexity index is 1040. The molecule has 2 N–H and O–H groups in total. The van der Waals surface area contributed by atoms with Crippen LogP contribution >= 0.6 is 0 Å². The number of hydrogen-bond donors (Lipinski definition) is 2. The van der Waals surface area contributed by atoms with E-state index in [2.05, 4.69) is 10.4 Å². The van der Waals surface area contributed by atoms with Crippen molar-refractivity contribution in [1.29, 1.82) is 0 Å². The van der Waals surface area contributed by atoms with E-state index in [9.17, 15) is 18.0 Å². The second-order valence-electron chi connectivity index (χ2n) is 6.35. The summed E-state index contributed by atoms with van der Waals surface area (Å²) in [6.45, 7) is 4.60. The highest BCUT2D eigenvalue weighted by Crippen LogP contribution is 2.28. The van der Waals surface area contributed by atoms with Gasteiger partial charge in [0.05, 0.1) is 16.1 Å². The van der Waals surface area contributed by atoms with Crippen molar-refractivity contribution < 1.29 is 22.3 Å². The van der Waals surface area contributed by atoms with Gasteiger partial charge in [-0.3, -0.25) is 19.4 Å². The Morgan fingerprint density at radius 2 is 2.04 bits per heavy atom. The summed E-state index contributed by atoms with van der Waals surface area (Å²) in [6, 6.07) is 2.26. The zero-order valence-electron chi connectivity index (χ0n) is 16.3. The first kappa shape index (κ1) is 21.8. The number of aromatic amines is 1. The maximum Gasteiger partial charge on any atom is 0.277 e. The largest absolute Gasteiger partial charge is 0.382 e. The third-order valence-electron chi connectivity index (χ3n) is 4.18. The minimum Gasteiger partial charge on any atom is -0.382 e. The number of aryl methyl sites for hydroxylation is 2. The summed E-state index contributed by atoms with van der Waals surface area (Å²) < 4.78 is 45.5. The number of carbonyl (C=O) groups excluding carboxylic acids is 1. The third kappa shape index (κ3) is 4.50. The predicted molar refractivity (Wildman–Crippen MR) is 103 cm³/mol. The Balaban J connectivity index is 2.48. The molecule has 0 amide bonds. The lowest BCUT2D eigenvalue weighted by atomic mass is 10.0. The molecule has 1 aromatic carbocycles. The first-order chi connectivity index (χ1) is 13.1. The number of benzene rings is 1. The van der Waals surface area contributed by atoms with E-state index < -0.39 is 27.0 Å². The van der Waals surface area contributed by atoms with Crippen LogP contribution in [-0.4, -0.2) is 50.0 Å². The molecule has 0 aliphatic rings. The van der Waals surface area contributed by atoms with E-state index in [1.807, 2.05) is 6.92 Å². The fourth-order valence-corrected chi connectivity index (χ4v) is 3.68. The standard InChI is InChI=1S/C18H24FN3O5S/c1-5-27-10-6-9-20-16-13(28(4,25)26)8-7-12(15(16)19)17(23)14-11(2)21-22(3)18(14)24/h7-8,20-21H,5-6,9-10H2,1-4H3. The van der Waals surface area contributed by atoms with Crippen molar-refractivity contribution in [1.82, 2.24) is 9.78 Å². The van der Waals surface area contributed by atoms with Crippen LogP contribution in [0.2, 0.25) is 0 Å². The number of sulfone groups is 1. The van der Waals surface area contributed by atoms with Crippen LogP contribution in [0.1, 0.15) is 35.0 Å². The van der Waals surface area contributed by atoms with Gasteiger partial charge in [0.2, 0.25) is 5.78 Å². The highest BCUT2D eigenvalue weighted by atomic mass is 32.2. The SMILES string of the molecule is CCOCCCNc1c(S(C)(=O)=O)ccc(C(=O)c2c(C)[nH]n(C)c2=O)c1F. The number of anilines is 1. The van der Waals surface area contributed by atoms with Gasteiger partial charge in [-0.05, 0) is 32.4 Å². The van der Waals surface area contributed by atoms with Gasteiger partial charge in [0, 0.05) is 38.8 Å². The molecule has 0 unspecified atom stereocenters. The number of carbonyl (C=O) groups is 1. The molecule has 1 heterocycles. The van der Waals surface area contributed by atoms with Crippen LogP contribution in [0.15, 0.2) is 21.8 Å². The second kappa shape index (κ2) is 8.70. The van der Waals surface area contributed by atoms with Crippen LogP contribution in [0.4, 0.5) is 10.1 Å². The van der Waals surface area contributed by atoms with Crippen molar-refractivity contribution in [2.45, 2.75) is 25.2 Å². The van der Waals surface area contributed by atoms with Crippen LogP contribution in [0, 0.1) is 12.7 Å². The molecule has 0 aliphatic carbocycles. The molecular formula is C18H24FN3O5S. The minimum absolute atomic E-state index is 0.184. The fourth-order valence-electron chi connectivity index (χ4n) is 2.83. The molecule has 0 saturated heterocycles. The first-order valence-electron chi connectivity index (χ1n) is 8.74. The van der Waals surface area contributed by atoms with E-state index in [0.29, 0.717) is 25.3 Å². The number of halogens is 1. The van der Waals surface area contributed by atoms with Crippen molar-refractivity contribution in [3.63, 3.8) is 0 Å². The van der Waals surface area contributed by atoms with Gasteiger partial charge in [-0.25, -0.2) is 12.8 Å². The van der Waals surface area contributed by atoms with Crippen molar-refractivity contribution in [3.05, 3.63) is 45.1 Å². The molecule has 0 atom stereocenters.